The Hall–Kier alpha value is -3.93. The zero-order valence-corrected chi connectivity index (χ0v) is 25.2. The maximum Gasteiger partial charge on any atom is 0.227 e. The molecule has 0 atom stereocenters. The Morgan fingerprint density at radius 1 is 0.976 bits per heavy atom. The van der Waals surface area contributed by atoms with Crippen LogP contribution in [-0.4, -0.2) is 23.1 Å². The number of aliphatic imine (C=N–C) groups is 1. The normalized spacial score (nSPS) is 15.7. The second-order valence-corrected chi connectivity index (χ2v) is 11.2. The summed E-state index contributed by atoms with van der Waals surface area (Å²) < 4.78 is 10.7. The van der Waals surface area contributed by atoms with Crippen molar-refractivity contribution < 1.29 is 13.6 Å². The molecule has 2 fully saturated rings. The van der Waals surface area contributed by atoms with E-state index in [9.17, 15) is 4.79 Å². The average molecular weight is 554 g/mol. The van der Waals surface area contributed by atoms with Crippen molar-refractivity contribution in [1.29, 1.82) is 0 Å². The van der Waals surface area contributed by atoms with E-state index in [0.717, 1.165) is 58.4 Å². The number of anilines is 1. The zero-order chi connectivity index (χ0) is 29.2. The first-order chi connectivity index (χ1) is 19.8. The predicted octanol–water partition coefficient (Wildman–Crippen LogP) is 9.40. The Bertz CT molecular complexity index is 1410. The number of hydrogen-bond donors (Lipinski definition) is 0. The van der Waals surface area contributed by atoms with Crippen molar-refractivity contribution in [3.05, 3.63) is 89.7 Å². The maximum absolute atomic E-state index is 11.4. The van der Waals surface area contributed by atoms with E-state index in [-0.39, 0.29) is 5.91 Å². The molecular formula is C35H43N3O3. The highest BCUT2D eigenvalue weighted by molar-refractivity contribution is 6.00. The minimum atomic E-state index is 0.254. The number of hydrogen-bond acceptors (Lipinski definition) is 5. The number of carbonyl (C=O) groups excluding carboxylic acids is 1. The Kier molecular flexibility index (Phi) is 10.7. The number of amides is 1. The van der Waals surface area contributed by atoms with Crippen molar-refractivity contribution in [2.45, 2.75) is 79.6 Å². The first kappa shape index (κ1) is 30.0. The number of aromatic nitrogens is 1. The SMILES string of the molecule is CC(=Nc1cc(-c2ncc(C)o2)ccc1C)c1ccoc1.CC1CCCCC1.Cc1ccc(N2CCCC2=O)cc1. The van der Waals surface area contributed by atoms with E-state index in [1.54, 1.807) is 18.7 Å². The molecule has 216 valence electrons. The molecule has 6 nitrogen and oxygen atoms in total. The molecule has 0 N–H and O–H groups in total. The third-order valence-corrected chi connectivity index (χ3v) is 7.62. The van der Waals surface area contributed by atoms with E-state index in [1.807, 2.05) is 74.2 Å². The Morgan fingerprint density at radius 3 is 2.29 bits per heavy atom. The van der Waals surface area contributed by atoms with Gasteiger partial charge in [-0.2, -0.15) is 0 Å². The van der Waals surface area contributed by atoms with E-state index in [0.29, 0.717) is 12.3 Å². The molecule has 2 aromatic heterocycles. The number of furan rings is 1. The fraction of sp³-hybridized carbons (Fsp3) is 0.400. The van der Waals surface area contributed by atoms with Crippen LogP contribution in [-0.2, 0) is 4.79 Å². The summed E-state index contributed by atoms with van der Waals surface area (Å²) in [5.41, 5.74) is 7.09. The lowest BCUT2D eigenvalue weighted by Gasteiger charge is -2.15. The number of benzene rings is 2. The molecule has 3 heterocycles. The summed E-state index contributed by atoms with van der Waals surface area (Å²) in [5, 5.41) is 0. The Balaban J connectivity index is 0.000000163. The Morgan fingerprint density at radius 2 is 1.73 bits per heavy atom. The molecule has 1 aliphatic heterocycles. The van der Waals surface area contributed by atoms with Gasteiger partial charge in [-0.3, -0.25) is 9.79 Å². The van der Waals surface area contributed by atoms with Crippen molar-refractivity contribution in [3.8, 4) is 11.5 Å². The summed E-state index contributed by atoms with van der Waals surface area (Å²) >= 11 is 0. The van der Waals surface area contributed by atoms with E-state index in [1.165, 1.54) is 37.7 Å². The minimum Gasteiger partial charge on any atom is -0.472 e. The van der Waals surface area contributed by atoms with Gasteiger partial charge in [0.15, 0.2) is 0 Å². The van der Waals surface area contributed by atoms with Crippen molar-refractivity contribution >= 4 is 23.0 Å². The standard InChI is InChI=1S/C17H16N2O2.C11H13NO.C7H14/c1-11-4-5-14(17-18-9-12(2)21-17)8-16(11)19-13(3)15-6-7-20-10-15;1-9-4-6-10(7-5-9)12-8-2-3-11(12)13;1-7-5-3-2-4-6-7/h4-10H,1-3H3;4-7H,2-3,8H2,1H3;7H,2-6H2,1H3. The summed E-state index contributed by atoms with van der Waals surface area (Å²) in [6.45, 7) is 11.2. The van der Waals surface area contributed by atoms with Crippen LogP contribution in [0, 0.1) is 26.7 Å². The fourth-order valence-corrected chi connectivity index (χ4v) is 5.02. The molecule has 1 saturated heterocycles. The van der Waals surface area contributed by atoms with Gasteiger partial charge < -0.3 is 13.7 Å². The first-order valence-electron chi connectivity index (χ1n) is 14.8. The number of aryl methyl sites for hydroxylation is 3. The molecule has 41 heavy (non-hydrogen) atoms. The van der Waals surface area contributed by atoms with Gasteiger partial charge in [-0.15, -0.1) is 0 Å². The van der Waals surface area contributed by atoms with Crippen LogP contribution in [0.4, 0.5) is 11.4 Å². The minimum absolute atomic E-state index is 0.254. The average Bonchev–Trinajstić information content (AvgIpc) is 3.75. The summed E-state index contributed by atoms with van der Waals surface area (Å²) in [6.07, 6.45) is 14.2. The molecule has 2 aliphatic rings. The van der Waals surface area contributed by atoms with Crippen LogP contribution >= 0.6 is 0 Å². The lowest BCUT2D eigenvalue weighted by Crippen LogP contribution is -2.23. The molecule has 0 bridgehead atoms. The fourth-order valence-electron chi connectivity index (χ4n) is 5.02. The molecule has 0 radical (unpaired) electrons. The van der Waals surface area contributed by atoms with E-state index in [2.05, 4.69) is 23.8 Å². The molecule has 1 amide bonds. The van der Waals surface area contributed by atoms with Gasteiger partial charge in [0.2, 0.25) is 11.8 Å². The van der Waals surface area contributed by atoms with Crippen LogP contribution in [0.1, 0.15) is 81.2 Å². The highest BCUT2D eigenvalue weighted by Gasteiger charge is 2.21. The summed E-state index contributed by atoms with van der Waals surface area (Å²) in [7, 11) is 0. The highest BCUT2D eigenvalue weighted by Crippen LogP contribution is 2.28. The number of carbonyl (C=O) groups is 1. The maximum atomic E-state index is 11.4. The van der Waals surface area contributed by atoms with Crippen LogP contribution in [0.3, 0.4) is 0 Å². The Labute approximate surface area is 244 Å². The molecule has 1 saturated carbocycles. The van der Waals surface area contributed by atoms with E-state index >= 15 is 0 Å². The van der Waals surface area contributed by atoms with Crippen molar-refractivity contribution in [3.63, 3.8) is 0 Å². The molecular weight excluding hydrogens is 510 g/mol. The van der Waals surface area contributed by atoms with E-state index < -0.39 is 0 Å². The number of nitrogens with zero attached hydrogens (tertiary/aromatic N) is 3. The summed E-state index contributed by atoms with van der Waals surface area (Å²) in [6, 6.07) is 16.0. The predicted molar refractivity (Wildman–Crippen MR) is 167 cm³/mol. The third kappa shape index (κ3) is 8.78. The summed E-state index contributed by atoms with van der Waals surface area (Å²) in [4.78, 5) is 22.2. The van der Waals surface area contributed by atoms with Crippen LogP contribution in [0.15, 0.2) is 81.1 Å². The van der Waals surface area contributed by atoms with Crippen LogP contribution in [0.2, 0.25) is 0 Å². The monoisotopic (exact) mass is 553 g/mol. The van der Waals surface area contributed by atoms with Crippen molar-refractivity contribution in [1.82, 2.24) is 4.98 Å². The van der Waals surface area contributed by atoms with Crippen LogP contribution in [0.25, 0.3) is 11.5 Å². The third-order valence-electron chi connectivity index (χ3n) is 7.62. The van der Waals surface area contributed by atoms with Gasteiger partial charge >= 0.3 is 0 Å². The smallest absolute Gasteiger partial charge is 0.227 e. The molecule has 0 unspecified atom stereocenters. The lowest BCUT2D eigenvalue weighted by molar-refractivity contribution is -0.117. The largest absolute Gasteiger partial charge is 0.472 e. The topological polar surface area (TPSA) is 71.8 Å². The van der Waals surface area contributed by atoms with Gasteiger partial charge in [0.1, 0.15) is 5.76 Å². The van der Waals surface area contributed by atoms with Gasteiger partial charge in [0.25, 0.3) is 0 Å². The molecule has 6 rings (SSSR count). The van der Waals surface area contributed by atoms with Crippen LogP contribution < -0.4 is 4.90 Å². The van der Waals surface area contributed by atoms with Gasteiger partial charge in [-0.05, 0) is 75.9 Å². The van der Waals surface area contributed by atoms with Crippen molar-refractivity contribution in [2.75, 3.05) is 11.4 Å². The second-order valence-electron chi connectivity index (χ2n) is 11.2. The molecule has 4 aromatic rings. The van der Waals surface area contributed by atoms with Gasteiger partial charge in [0, 0.05) is 35.5 Å². The molecule has 1 aliphatic carbocycles. The zero-order valence-electron chi connectivity index (χ0n) is 25.2. The van der Waals surface area contributed by atoms with Gasteiger partial charge in [-0.1, -0.05) is 62.8 Å². The van der Waals surface area contributed by atoms with Crippen LogP contribution in [0.5, 0.6) is 0 Å². The molecule has 6 heteroatoms. The van der Waals surface area contributed by atoms with Gasteiger partial charge in [0.05, 0.1) is 24.4 Å². The second kappa shape index (κ2) is 14.6. The summed E-state index contributed by atoms with van der Waals surface area (Å²) in [5.74, 6) is 2.70. The number of oxazole rings is 1. The quantitative estimate of drug-likeness (QED) is 0.236. The molecule has 0 spiro atoms. The highest BCUT2D eigenvalue weighted by atomic mass is 16.4. The molecule has 2 aromatic carbocycles. The van der Waals surface area contributed by atoms with Crippen molar-refractivity contribution in [2.24, 2.45) is 10.9 Å². The first-order valence-corrected chi connectivity index (χ1v) is 14.8. The lowest BCUT2D eigenvalue weighted by atomic mass is 9.91. The van der Waals surface area contributed by atoms with Gasteiger partial charge in [-0.25, -0.2) is 4.98 Å². The van der Waals surface area contributed by atoms with E-state index in [4.69, 9.17) is 8.83 Å². The number of rotatable bonds is 4.